The number of benzene rings is 2. The largest absolute Gasteiger partial charge is 0.377 e. The van der Waals surface area contributed by atoms with E-state index in [-0.39, 0.29) is 23.9 Å². The lowest BCUT2D eigenvalue weighted by molar-refractivity contribution is -0.103. The minimum atomic E-state index is -3.75. The molecule has 2 aliphatic rings. The summed E-state index contributed by atoms with van der Waals surface area (Å²) in [5.41, 5.74) is 2.15. The van der Waals surface area contributed by atoms with Crippen LogP contribution in [0.15, 0.2) is 60.7 Å². The molecule has 5 nitrogen and oxygen atoms in total. The van der Waals surface area contributed by atoms with Crippen LogP contribution in [0.3, 0.4) is 0 Å². The molecule has 0 unspecified atom stereocenters. The van der Waals surface area contributed by atoms with Crippen molar-refractivity contribution in [2.24, 2.45) is 11.8 Å². The van der Waals surface area contributed by atoms with E-state index in [1.165, 1.54) is 14.2 Å². The molecule has 0 amide bonds. The van der Waals surface area contributed by atoms with E-state index in [1.807, 2.05) is 36.4 Å². The highest BCUT2D eigenvalue weighted by atomic mass is 31.2. The number of nitrogens with one attached hydrogen (secondary N) is 1. The van der Waals surface area contributed by atoms with Gasteiger partial charge in [0.1, 0.15) is 0 Å². The predicted molar refractivity (Wildman–Crippen MR) is 109 cm³/mol. The SMILES string of the molecule is COP(=O)(OC)C1(O)[C@@H]2CCC[C@@H]1[C@H](c1ccccc1)N[C@H]2c1ccccc1. The zero-order valence-electron chi connectivity index (χ0n) is 16.3. The van der Waals surface area contributed by atoms with Gasteiger partial charge in [-0.3, -0.25) is 4.57 Å². The predicted octanol–water partition coefficient (Wildman–Crippen LogP) is 4.66. The first-order valence-corrected chi connectivity index (χ1v) is 11.4. The second-order valence-corrected chi connectivity index (χ2v) is 10.2. The van der Waals surface area contributed by atoms with Crippen LogP contribution >= 0.6 is 7.60 Å². The monoisotopic (exact) mass is 401 g/mol. The third kappa shape index (κ3) is 2.97. The van der Waals surface area contributed by atoms with Crippen molar-refractivity contribution >= 4 is 7.60 Å². The first-order valence-electron chi connectivity index (χ1n) is 9.85. The molecule has 1 saturated heterocycles. The van der Waals surface area contributed by atoms with E-state index in [1.54, 1.807) is 0 Å². The topological polar surface area (TPSA) is 67.8 Å². The van der Waals surface area contributed by atoms with Crippen LogP contribution in [-0.4, -0.2) is 24.7 Å². The van der Waals surface area contributed by atoms with Gasteiger partial charge in [-0.25, -0.2) is 0 Å². The average Bonchev–Trinajstić information content (AvgIpc) is 2.74. The number of rotatable bonds is 5. The molecule has 1 saturated carbocycles. The third-order valence-electron chi connectivity index (χ3n) is 6.52. The van der Waals surface area contributed by atoms with E-state index in [4.69, 9.17) is 9.05 Å². The fourth-order valence-corrected chi connectivity index (χ4v) is 7.36. The fourth-order valence-electron chi connectivity index (χ4n) is 5.26. The fraction of sp³-hybridized carbons (Fsp3) is 0.455. The first-order chi connectivity index (χ1) is 13.5. The van der Waals surface area contributed by atoms with Gasteiger partial charge in [0.15, 0.2) is 5.34 Å². The lowest BCUT2D eigenvalue weighted by Crippen LogP contribution is -2.61. The first kappa shape index (κ1) is 19.8. The molecule has 28 heavy (non-hydrogen) atoms. The van der Waals surface area contributed by atoms with Gasteiger partial charge in [-0.05, 0) is 24.0 Å². The number of fused-ring (bicyclic) bond motifs is 2. The molecule has 2 N–H and O–H groups in total. The highest BCUT2D eigenvalue weighted by molar-refractivity contribution is 7.55. The molecule has 2 aromatic carbocycles. The Morgan fingerprint density at radius 3 is 1.71 bits per heavy atom. The summed E-state index contributed by atoms with van der Waals surface area (Å²) in [7, 11) is -1.01. The van der Waals surface area contributed by atoms with Crippen molar-refractivity contribution in [2.75, 3.05) is 14.2 Å². The van der Waals surface area contributed by atoms with Crippen molar-refractivity contribution in [3.05, 3.63) is 71.8 Å². The Hall–Kier alpha value is -1.49. The normalized spacial score (nSPS) is 32.8. The van der Waals surface area contributed by atoms with Crippen LogP contribution in [0.4, 0.5) is 0 Å². The van der Waals surface area contributed by atoms with Gasteiger partial charge in [-0.15, -0.1) is 0 Å². The number of aliphatic hydroxyl groups is 1. The van der Waals surface area contributed by atoms with Crippen molar-refractivity contribution in [1.29, 1.82) is 0 Å². The molecule has 1 aliphatic heterocycles. The maximum absolute atomic E-state index is 13.7. The highest BCUT2D eigenvalue weighted by Gasteiger charge is 2.66. The second-order valence-electron chi connectivity index (χ2n) is 7.73. The van der Waals surface area contributed by atoms with Crippen molar-refractivity contribution in [3.63, 3.8) is 0 Å². The van der Waals surface area contributed by atoms with Crippen molar-refractivity contribution in [2.45, 2.75) is 36.7 Å². The zero-order chi connectivity index (χ0) is 19.8. The lowest BCUT2D eigenvalue weighted by atomic mass is 9.65. The Labute approximate surface area is 166 Å². The van der Waals surface area contributed by atoms with Crippen molar-refractivity contribution in [3.8, 4) is 0 Å². The average molecular weight is 401 g/mol. The zero-order valence-corrected chi connectivity index (χ0v) is 17.2. The smallest absolute Gasteiger partial charge is 0.362 e. The van der Waals surface area contributed by atoms with Gasteiger partial charge in [0, 0.05) is 38.1 Å². The molecular weight excluding hydrogens is 373 g/mol. The molecule has 6 heteroatoms. The molecule has 1 heterocycles. The van der Waals surface area contributed by atoms with Crippen LogP contribution in [0.25, 0.3) is 0 Å². The number of hydrogen-bond donors (Lipinski definition) is 2. The molecule has 2 bridgehead atoms. The van der Waals surface area contributed by atoms with Crippen LogP contribution in [0, 0.1) is 11.8 Å². The number of piperidine rings is 1. The highest BCUT2D eigenvalue weighted by Crippen LogP contribution is 2.71. The molecular formula is C22H28NO4P. The molecule has 2 aromatic rings. The maximum Gasteiger partial charge on any atom is 0.362 e. The van der Waals surface area contributed by atoms with Gasteiger partial charge in [0.2, 0.25) is 0 Å². The standard InChI is InChI=1S/C22H28NO4P/c1-26-28(25,27-2)22(24)18-14-9-15-19(22)21(17-12-7-4-8-13-17)23-20(18)16-10-5-3-6-11-16/h3-8,10-13,18-21,23-24H,9,14-15H2,1-2H3/t18-,19-,20+,21+/m1/s1. The summed E-state index contributed by atoms with van der Waals surface area (Å²) in [6, 6.07) is 19.9. The van der Waals surface area contributed by atoms with Crippen LogP contribution < -0.4 is 5.32 Å². The van der Waals surface area contributed by atoms with E-state index in [0.717, 1.165) is 30.4 Å². The molecule has 150 valence electrons. The van der Waals surface area contributed by atoms with Crippen LogP contribution in [-0.2, 0) is 13.6 Å². The molecule has 1 aliphatic carbocycles. The molecule has 4 atom stereocenters. The Balaban J connectivity index is 1.88. The minimum absolute atomic E-state index is 0.147. The summed E-state index contributed by atoms with van der Waals surface area (Å²) in [6.07, 6.45) is 2.50. The second kappa shape index (κ2) is 7.74. The Bertz CT molecular complexity index is 783. The molecule has 2 fully saturated rings. The Morgan fingerprint density at radius 1 is 0.893 bits per heavy atom. The van der Waals surface area contributed by atoms with Crippen molar-refractivity contribution in [1.82, 2.24) is 5.32 Å². The van der Waals surface area contributed by atoms with E-state index in [2.05, 4.69) is 29.6 Å². The van der Waals surface area contributed by atoms with Gasteiger partial charge in [-0.1, -0.05) is 67.1 Å². The molecule has 4 rings (SSSR count). The maximum atomic E-state index is 13.7. The number of hydrogen-bond acceptors (Lipinski definition) is 5. The molecule has 0 aromatic heterocycles. The quantitative estimate of drug-likeness (QED) is 0.713. The van der Waals surface area contributed by atoms with E-state index in [0.29, 0.717) is 0 Å². The van der Waals surface area contributed by atoms with Gasteiger partial charge < -0.3 is 19.5 Å². The molecule has 0 radical (unpaired) electrons. The Kier molecular flexibility index (Phi) is 5.47. The van der Waals surface area contributed by atoms with Crippen LogP contribution in [0.5, 0.6) is 0 Å². The lowest BCUT2D eigenvalue weighted by Gasteiger charge is -2.57. The summed E-state index contributed by atoms with van der Waals surface area (Å²) in [6.45, 7) is 0. The van der Waals surface area contributed by atoms with Gasteiger partial charge in [0.05, 0.1) is 0 Å². The summed E-state index contributed by atoms with van der Waals surface area (Å²) in [4.78, 5) is 0. The summed E-state index contributed by atoms with van der Waals surface area (Å²) < 4.78 is 24.5. The van der Waals surface area contributed by atoms with Crippen molar-refractivity contribution < 1.29 is 18.7 Å². The Morgan fingerprint density at radius 2 is 1.32 bits per heavy atom. The van der Waals surface area contributed by atoms with Gasteiger partial charge in [-0.2, -0.15) is 0 Å². The van der Waals surface area contributed by atoms with Gasteiger partial charge in [0.25, 0.3) is 0 Å². The molecule has 0 spiro atoms. The summed E-state index contributed by atoms with van der Waals surface area (Å²) in [5.74, 6) is -0.529. The van der Waals surface area contributed by atoms with E-state index < -0.39 is 12.9 Å². The van der Waals surface area contributed by atoms with E-state index in [9.17, 15) is 9.67 Å². The summed E-state index contributed by atoms with van der Waals surface area (Å²) in [5, 5.41) is 14.3. The minimum Gasteiger partial charge on any atom is -0.377 e. The van der Waals surface area contributed by atoms with Gasteiger partial charge >= 0.3 is 7.60 Å². The summed E-state index contributed by atoms with van der Waals surface area (Å²) >= 11 is 0. The van der Waals surface area contributed by atoms with Crippen LogP contribution in [0.1, 0.15) is 42.5 Å². The van der Waals surface area contributed by atoms with E-state index >= 15 is 0 Å². The van der Waals surface area contributed by atoms with Crippen LogP contribution in [0.2, 0.25) is 0 Å². The third-order valence-corrected chi connectivity index (χ3v) is 9.02.